The molecular weight excluding hydrogens is 396 g/mol. The number of aromatic amines is 1. The van der Waals surface area contributed by atoms with Crippen LogP contribution in [-0.2, 0) is 6.54 Å². The van der Waals surface area contributed by atoms with Gasteiger partial charge in [0.1, 0.15) is 11.3 Å². The summed E-state index contributed by atoms with van der Waals surface area (Å²) in [7, 11) is 0. The van der Waals surface area contributed by atoms with Crippen molar-refractivity contribution in [2.24, 2.45) is 5.10 Å². The number of allylic oxidation sites excluding steroid dienone is 2. The standard InChI is InChI=1S/C23H28N4O4/c1-2-31-17-10-8-16(9-11-17)18-14-19(26-25-18)20-21(28)24-23(30)27(22(20)29)13-12-15-6-4-3-5-7-15/h6,8-11,18,25,29H,2-5,7,12-14H2,1H3,(H,24,28,30)/t18-/m1/s1. The number of nitrogens with one attached hydrogen (secondary N) is 2. The molecule has 1 atom stereocenters. The largest absolute Gasteiger partial charge is 0.494 e. The number of H-pyrrole nitrogens is 1. The van der Waals surface area contributed by atoms with E-state index in [1.807, 2.05) is 31.2 Å². The Morgan fingerprint density at radius 3 is 2.74 bits per heavy atom. The van der Waals surface area contributed by atoms with Crippen LogP contribution < -0.4 is 21.4 Å². The van der Waals surface area contributed by atoms with Crippen LogP contribution in [0.1, 0.15) is 62.6 Å². The van der Waals surface area contributed by atoms with E-state index < -0.39 is 11.2 Å². The first kappa shape index (κ1) is 21.0. The van der Waals surface area contributed by atoms with Crippen LogP contribution >= 0.6 is 0 Å². The highest BCUT2D eigenvalue weighted by Crippen LogP contribution is 2.28. The number of rotatable bonds is 7. The maximum Gasteiger partial charge on any atom is 0.331 e. The molecule has 0 radical (unpaired) electrons. The van der Waals surface area contributed by atoms with Gasteiger partial charge in [0.2, 0.25) is 5.88 Å². The molecule has 0 amide bonds. The second-order valence-electron chi connectivity index (χ2n) is 7.91. The zero-order valence-electron chi connectivity index (χ0n) is 17.7. The lowest BCUT2D eigenvalue weighted by atomic mass is 9.97. The van der Waals surface area contributed by atoms with Crippen LogP contribution in [0.3, 0.4) is 0 Å². The SMILES string of the molecule is CCOc1ccc([C@H]2CC(c3c(O)n(CCC4=CCCCC4)c(=O)[nH]c3=O)=NN2)cc1. The number of aromatic hydroxyl groups is 1. The first-order valence-electron chi connectivity index (χ1n) is 10.9. The minimum absolute atomic E-state index is 0.0539. The smallest absolute Gasteiger partial charge is 0.331 e. The quantitative estimate of drug-likeness (QED) is 0.592. The summed E-state index contributed by atoms with van der Waals surface area (Å²) in [5.41, 5.74) is 4.59. The van der Waals surface area contributed by atoms with Crippen molar-refractivity contribution in [3.05, 3.63) is 67.9 Å². The highest BCUT2D eigenvalue weighted by Gasteiger charge is 2.27. The Hall–Kier alpha value is -3.29. The van der Waals surface area contributed by atoms with Crippen molar-refractivity contribution in [3.63, 3.8) is 0 Å². The summed E-state index contributed by atoms with van der Waals surface area (Å²) in [5, 5.41) is 15.1. The van der Waals surface area contributed by atoms with Crippen molar-refractivity contribution in [3.8, 4) is 11.6 Å². The van der Waals surface area contributed by atoms with E-state index in [2.05, 4.69) is 21.6 Å². The van der Waals surface area contributed by atoms with E-state index in [-0.39, 0.29) is 17.5 Å². The van der Waals surface area contributed by atoms with Crippen LogP contribution in [0, 0.1) is 0 Å². The molecule has 0 saturated heterocycles. The van der Waals surface area contributed by atoms with E-state index >= 15 is 0 Å². The lowest BCUT2D eigenvalue weighted by molar-refractivity contribution is 0.340. The Labute approximate surface area is 180 Å². The van der Waals surface area contributed by atoms with Crippen LogP contribution in [-0.4, -0.2) is 27.0 Å². The van der Waals surface area contributed by atoms with Gasteiger partial charge in [-0.2, -0.15) is 5.10 Å². The molecule has 0 unspecified atom stereocenters. The summed E-state index contributed by atoms with van der Waals surface area (Å²) in [5.74, 6) is 0.470. The van der Waals surface area contributed by atoms with E-state index in [4.69, 9.17) is 4.74 Å². The summed E-state index contributed by atoms with van der Waals surface area (Å²) in [6.07, 6.45) is 7.74. The third-order valence-corrected chi connectivity index (χ3v) is 5.85. The molecule has 164 valence electrons. The number of hydrogen-bond acceptors (Lipinski definition) is 6. The van der Waals surface area contributed by atoms with Crippen LogP contribution in [0.5, 0.6) is 11.6 Å². The molecule has 2 aliphatic rings. The average molecular weight is 425 g/mol. The molecule has 1 aromatic heterocycles. The summed E-state index contributed by atoms with van der Waals surface area (Å²) < 4.78 is 6.71. The fourth-order valence-corrected chi connectivity index (χ4v) is 4.17. The van der Waals surface area contributed by atoms with Gasteiger partial charge in [-0.1, -0.05) is 23.8 Å². The normalized spacial score (nSPS) is 18.3. The minimum Gasteiger partial charge on any atom is -0.494 e. The van der Waals surface area contributed by atoms with Crippen molar-refractivity contribution >= 4 is 5.71 Å². The van der Waals surface area contributed by atoms with Crippen LogP contribution in [0.15, 0.2) is 50.6 Å². The van der Waals surface area contributed by atoms with E-state index in [0.717, 1.165) is 30.6 Å². The van der Waals surface area contributed by atoms with Crippen molar-refractivity contribution in [1.29, 1.82) is 0 Å². The Bertz CT molecular complexity index is 1110. The van der Waals surface area contributed by atoms with Gasteiger partial charge in [0, 0.05) is 13.0 Å². The van der Waals surface area contributed by atoms with Gasteiger partial charge in [0.25, 0.3) is 5.56 Å². The zero-order chi connectivity index (χ0) is 21.8. The number of nitrogens with zero attached hydrogens (tertiary/aromatic N) is 2. The van der Waals surface area contributed by atoms with Gasteiger partial charge < -0.3 is 15.3 Å². The molecule has 1 aromatic carbocycles. The summed E-state index contributed by atoms with van der Waals surface area (Å²) in [4.78, 5) is 27.2. The number of aromatic nitrogens is 2. The lowest BCUT2D eigenvalue weighted by Gasteiger charge is -2.15. The van der Waals surface area contributed by atoms with Crippen molar-refractivity contribution < 1.29 is 9.84 Å². The highest BCUT2D eigenvalue weighted by molar-refractivity contribution is 6.03. The molecule has 3 N–H and O–H groups in total. The molecule has 1 aliphatic heterocycles. The summed E-state index contributed by atoms with van der Waals surface area (Å²) in [6.45, 7) is 2.86. The third-order valence-electron chi connectivity index (χ3n) is 5.85. The molecule has 0 fully saturated rings. The number of hydrogen-bond donors (Lipinski definition) is 3. The van der Waals surface area contributed by atoms with Gasteiger partial charge >= 0.3 is 5.69 Å². The van der Waals surface area contributed by atoms with Crippen LogP contribution in [0.25, 0.3) is 0 Å². The number of hydrazone groups is 1. The van der Waals surface area contributed by atoms with Gasteiger partial charge in [-0.05, 0) is 56.7 Å². The lowest BCUT2D eigenvalue weighted by Crippen LogP contribution is -2.34. The Morgan fingerprint density at radius 2 is 2.03 bits per heavy atom. The first-order valence-corrected chi connectivity index (χ1v) is 10.9. The molecule has 8 heteroatoms. The highest BCUT2D eigenvalue weighted by atomic mass is 16.5. The predicted molar refractivity (Wildman–Crippen MR) is 119 cm³/mol. The number of benzene rings is 1. The summed E-state index contributed by atoms with van der Waals surface area (Å²) >= 11 is 0. The van der Waals surface area contributed by atoms with E-state index in [1.54, 1.807) is 0 Å². The fraction of sp³-hybridized carbons (Fsp3) is 0.435. The molecule has 0 spiro atoms. The molecular formula is C23H28N4O4. The molecule has 1 aliphatic carbocycles. The zero-order valence-corrected chi connectivity index (χ0v) is 17.7. The minimum atomic E-state index is -0.622. The Morgan fingerprint density at radius 1 is 1.23 bits per heavy atom. The summed E-state index contributed by atoms with van der Waals surface area (Å²) in [6, 6.07) is 7.55. The van der Waals surface area contributed by atoms with Gasteiger partial charge in [-0.15, -0.1) is 0 Å². The van der Waals surface area contributed by atoms with E-state index in [9.17, 15) is 14.7 Å². The van der Waals surface area contributed by atoms with E-state index in [0.29, 0.717) is 31.7 Å². The van der Waals surface area contributed by atoms with Crippen LogP contribution in [0.4, 0.5) is 0 Å². The van der Waals surface area contributed by atoms with Gasteiger partial charge in [0.05, 0.1) is 18.4 Å². The molecule has 2 aromatic rings. The first-order chi connectivity index (χ1) is 15.1. The monoisotopic (exact) mass is 424 g/mol. The molecule has 4 rings (SSSR count). The second kappa shape index (κ2) is 9.24. The Balaban J connectivity index is 1.53. The topological polar surface area (TPSA) is 109 Å². The van der Waals surface area contributed by atoms with Crippen LogP contribution in [0.2, 0.25) is 0 Å². The predicted octanol–water partition coefficient (Wildman–Crippen LogP) is 2.97. The van der Waals surface area contributed by atoms with E-state index in [1.165, 1.54) is 16.6 Å². The van der Waals surface area contributed by atoms with Crippen molar-refractivity contribution in [2.45, 2.75) is 58.0 Å². The molecule has 0 bridgehead atoms. The number of ether oxygens (including phenoxy) is 1. The van der Waals surface area contributed by atoms with Gasteiger partial charge in [-0.25, -0.2) is 4.79 Å². The third kappa shape index (κ3) is 4.57. The Kier molecular flexibility index (Phi) is 6.25. The molecule has 2 heterocycles. The average Bonchev–Trinajstić information content (AvgIpc) is 3.24. The molecule has 0 saturated carbocycles. The molecule has 31 heavy (non-hydrogen) atoms. The maximum absolute atomic E-state index is 12.5. The second-order valence-corrected chi connectivity index (χ2v) is 7.91. The maximum atomic E-state index is 12.5. The fourth-order valence-electron chi connectivity index (χ4n) is 4.17. The van der Waals surface area contributed by atoms with Gasteiger partial charge in [0.15, 0.2) is 0 Å². The molecule has 8 nitrogen and oxygen atoms in total. The van der Waals surface area contributed by atoms with Crippen molar-refractivity contribution in [2.75, 3.05) is 6.61 Å². The van der Waals surface area contributed by atoms with Gasteiger partial charge in [-0.3, -0.25) is 14.3 Å². The van der Waals surface area contributed by atoms with Crippen molar-refractivity contribution in [1.82, 2.24) is 15.0 Å².